The number of hydrogen-bond donors (Lipinski definition) is 0. The average molecular weight is 200 g/mol. The maximum atomic E-state index is 5.86. The topological polar surface area (TPSA) is 18.5 Å². The molecular formula is C12H24O2. The molecule has 1 aliphatic heterocycles. The molecule has 2 heteroatoms. The third kappa shape index (κ3) is 3.58. The molecule has 3 unspecified atom stereocenters. The molecule has 14 heavy (non-hydrogen) atoms. The third-order valence-electron chi connectivity index (χ3n) is 2.86. The van der Waals surface area contributed by atoms with Gasteiger partial charge in [-0.15, -0.1) is 0 Å². The van der Waals surface area contributed by atoms with E-state index in [1.165, 1.54) is 25.7 Å². The Morgan fingerprint density at radius 3 is 2.71 bits per heavy atom. The minimum absolute atomic E-state index is 0.0665. The Morgan fingerprint density at radius 2 is 2.07 bits per heavy atom. The van der Waals surface area contributed by atoms with Crippen LogP contribution in [0.15, 0.2) is 0 Å². The van der Waals surface area contributed by atoms with E-state index in [2.05, 4.69) is 20.8 Å². The molecule has 3 atom stereocenters. The van der Waals surface area contributed by atoms with E-state index in [-0.39, 0.29) is 6.29 Å². The monoisotopic (exact) mass is 200 g/mol. The van der Waals surface area contributed by atoms with Crippen LogP contribution in [0.1, 0.15) is 52.9 Å². The zero-order valence-corrected chi connectivity index (χ0v) is 9.79. The van der Waals surface area contributed by atoms with Crippen molar-refractivity contribution in [3.05, 3.63) is 0 Å². The van der Waals surface area contributed by atoms with Crippen LogP contribution in [-0.2, 0) is 9.47 Å². The number of hydrogen-bond acceptors (Lipinski definition) is 2. The van der Waals surface area contributed by atoms with Crippen molar-refractivity contribution in [3.63, 3.8) is 0 Å². The van der Waals surface area contributed by atoms with E-state index < -0.39 is 0 Å². The lowest BCUT2D eigenvalue weighted by molar-refractivity contribution is -0.0945. The minimum atomic E-state index is 0.0665. The van der Waals surface area contributed by atoms with Crippen LogP contribution in [0.2, 0.25) is 0 Å². The average Bonchev–Trinajstić information content (AvgIpc) is 2.63. The highest BCUT2D eigenvalue weighted by Crippen LogP contribution is 2.24. The summed E-state index contributed by atoms with van der Waals surface area (Å²) >= 11 is 0. The summed E-state index contributed by atoms with van der Waals surface area (Å²) in [4.78, 5) is 0. The smallest absolute Gasteiger partial charge is 0.160 e. The van der Waals surface area contributed by atoms with Crippen molar-refractivity contribution >= 4 is 0 Å². The van der Waals surface area contributed by atoms with Crippen LogP contribution in [0.25, 0.3) is 0 Å². The molecule has 1 rings (SSSR count). The molecule has 0 amide bonds. The van der Waals surface area contributed by atoms with Gasteiger partial charge < -0.3 is 9.47 Å². The number of rotatable bonds is 6. The van der Waals surface area contributed by atoms with Gasteiger partial charge in [-0.25, -0.2) is 0 Å². The van der Waals surface area contributed by atoms with Crippen molar-refractivity contribution in [2.75, 3.05) is 6.61 Å². The highest BCUT2D eigenvalue weighted by Gasteiger charge is 2.29. The molecule has 0 aromatic rings. The van der Waals surface area contributed by atoms with Gasteiger partial charge in [-0.1, -0.05) is 40.0 Å². The fraction of sp³-hybridized carbons (Fsp3) is 1.00. The maximum Gasteiger partial charge on any atom is 0.160 e. The summed E-state index contributed by atoms with van der Waals surface area (Å²) in [5.41, 5.74) is 0. The van der Waals surface area contributed by atoms with E-state index in [4.69, 9.17) is 9.47 Å². The molecule has 0 aliphatic carbocycles. The van der Waals surface area contributed by atoms with Crippen LogP contribution >= 0.6 is 0 Å². The molecule has 0 radical (unpaired) electrons. The quantitative estimate of drug-likeness (QED) is 0.654. The Bertz CT molecular complexity index is 147. The van der Waals surface area contributed by atoms with Gasteiger partial charge in [-0.2, -0.15) is 0 Å². The van der Waals surface area contributed by atoms with Gasteiger partial charge in [0.25, 0.3) is 0 Å². The molecule has 0 aromatic heterocycles. The molecule has 1 fully saturated rings. The van der Waals surface area contributed by atoms with Crippen LogP contribution in [0.3, 0.4) is 0 Å². The summed E-state index contributed by atoms with van der Waals surface area (Å²) in [5.74, 6) is 0.548. The first-order valence-electron chi connectivity index (χ1n) is 6.05. The predicted octanol–water partition coefficient (Wildman–Crippen LogP) is 3.35. The summed E-state index contributed by atoms with van der Waals surface area (Å²) in [6.07, 6.45) is 6.50. The van der Waals surface area contributed by atoms with Crippen molar-refractivity contribution in [2.24, 2.45) is 5.92 Å². The van der Waals surface area contributed by atoms with Crippen molar-refractivity contribution < 1.29 is 9.47 Å². The molecule has 0 spiro atoms. The van der Waals surface area contributed by atoms with Gasteiger partial charge in [0.2, 0.25) is 0 Å². The molecule has 0 saturated carbocycles. The largest absolute Gasteiger partial charge is 0.350 e. The van der Waals surface area contributed by atoms with E-state index in [9.17, 15) is 0 Å². The lowest BCUT2D eigenvalue weighted by Gasteiger charge is -2.17. The van der Waals surface area contributed by atoms with E-state index in [0.717, 1.165) is 13.0 Å². The van der Waals surface area contributed by atoms with E-state index in [1.807, 2.05) is 0 Å². The van der Waals surface area contributed by atoms with Gasteiger partial charge in [0.05, 0.1) is 12.7 Å². The highest BCUT2D eigenvalue weighted by molar-refractivity contribution is 4.69. The van der Waals surface area contributed by atoms with Gasteiger partial charge in [-0.3, -0.25) is 0 Å². The van der Waals surface area contributed by atoms with Crippen LogP contribution < -0.4 is 0 Å². The Labute approximate surface area is 88.0 Å². The minimum Gasteiger partial charge on any atom is -0.350 e. The lowest BCUT2D eigenvalue weighted by Crippen LogP contribution is -2.19. The summed E-state index contributed by atoms with van der Waals surface area (Å²) in [6.45, 7) is 7.45. The van der Waals surface area contributed by atoms with Crippen LogP contribution in [-0.4, -0.2) is 19.0 Å². The molecule has 1 heterocycles. The van der Waals surface area contributed by atoms with Gasteiger partial charge in [0.15, 0.2) is 6.29 Å². The van der Waals surface area contributed by atoms with E-state index in [1.54, 1.807) is 0 Å². The molecule has 0 bridgehead atoms. The number of ether oxygens (including phenoxy) is 2. The summed E-state index contributed by atoms with van der Waals surface area (Å²) < 4.78 is 11.5. The van der Waals surface area contributed by atoms with E-state index >= 15 is 0 Å². The molecular weight excluding hydrogens is 176 g/mol. The van der Waals surface area contributed by atoms with Gasteiger partial charge in [-0.05, 0) is 12.8 Å². The molecule has 1 saturated heterocycles. The Hall–Kier alpha value is -0.0800. The summed E-state index contributed by atoms with van der Waals surface area (Å²) in [5, 5.41) is 0. The van der Waals surface area contributed by atoms with E-state index in [0.29, 0.717) is 12.0 Å². The van der Waals surface area contributed by atoms with Crippen molar-refractivity contribution in [1.29, 1.82) is 0 Å². The number of unbranched alkanes of at least 4 members (excludes halogenated alkanes) is 1. The second-order valence-electron chi connectivity index (χ2n) is 4.37. The zero-order chi connectivity index (χ0) is 10.4. The standard InChI is InChI=1S/C12H24O2/c1-4-6-8-11-9-13-12(14-11)10(3)7-5-2/h10-12H,4-9H2,1-3H3. The van der Waals surface area contributed by atoms with Crippen molar-refractivity contribution in [1.82, 2.24) is 0 Å². The fourth-order valence-corrected chi connectivity index (χ4v) is 1.94. The van der Waals surface area contributed by atoms with Gasteiger partial charge >= 0.3 is 0 Å². The first kappa shape index (κ1) is 12.0. The molecule has 84 valence electrons. The molecule has 2 nitrogen and oxygen atoms in total. The zero-order valence-electron chi connectivity index (χ0n) is 9.79. The van der Waals surface area contributed by atoms with Crippen molar-refractivity contribution in [3.8, 4) is 0 Å². The normalized spacial score (nSPS) is 29.4. The molecule has 0 N–H and O–H groups in total. The highest BCUT2D eigenvalue weighted by atomic mass is 16.7. The fourth-order valence-electron chi connectivity index (χ4n) is 1.94. The van der Waals surface area contributed by atoms with Crippen LogP contribution in [0.4, 0.5) is 0 Å². The second kappa shape index (κ2) is 6.41. The van der Waals surface area contributed by atoms with Gasteiger partial charge in [0, 0.05) is 5.92 Å². The first-order chi connectivity index (χ1) is 6.77. The SMILES string of the molecule is CCCCC1COC(C(C)CCC)O1. The van der Waals surface area contributed by atoms with Crippen LogP contribution in [0, 0.1) is 5.92 Å². The lowest BCUT2D eigenvalue weighted by atomic mass is 10.1. The molecule has 1 aliphatic rings. The van der Waals surface area contributed by atoms with Gasteiger partial charge in [0.1, 0.15) is 0 Å². The summed E-state index contributed by atoms with van der Waals surface area (Å²) in [7, 11) is 0. The Kier molecular flexibility index (Phi) is 5.49. The van der Waals surface area contributed by atoms with Crippen molar-refractivity contribution in [2.45, 2.75) is 65.3 Å². The Morgan fingerprint density at radius 1 is 1.29 bits per heavy atom. The second-order valence-corrected chi connectivity index (χ2v) is 4.37. The Balaban J connectivity index is 2.19. The summed E-state index contributed by atoms with van der Waals surface area (Å²) in [6, 6.07) is 0. The predicted molar refractivity (Wildman–Crippen MR) is 58.2 cm³/mol. The third-order valence-corrected chi connectivity index (χ3v) is 2.86. The maximum absolute atomic E-state index is 5.86. The van der Waals surface area contributed by atoms with Crippen LogP contribution in [0.5, 0.6) is 0 Å². The molecule has 0 aromatic carbocycles. The first-order valence-corrected chi connectivity index (χ1v) is 6.05.